The monoisotopic (exact) mass is 233 g/mol. The van der Waals surface area contributed by atoms with E-state index in [0.29, 0.717) is 0 Å². The highest BCUT2D eigenvalue weighted by molar-refractivity contribution is 5.24. The third-order valence-corrected chi connectivity index (χ3v) is 2.34. The largest absolute Gasteiger partial charge is 0.421 e. The predicted molar refractivity (Wildman–Crippen MR) is 54.7 cm³/mol. The van der Waals surface area contributed by atoms with Gasteiger partial charge in [0.2, 0.25) is 0 Å². The first-order valence-electron chi connectivity index (χ1n) is 4.87. The minimum absolute atomic E-state index is 0.181. The minimum Gasteiger partial charge on any atom is -0.376 e. The Balaban J connectivity index is 3.16. The Hall–Kier alpha value is -1.07. The smallest absolute Gasteiger partial charge is 0.376 e. The zero-order chi connectivity index (χ0) is 12.4. The maximum absolute atomic E-state index is 12.8. The zero-order valence-electron chi connectivity index (χ0n) is 8.83. The molecule has 0 heterocycles. The van der Waals surface area contributed by atoms with E-state index < -0.39 is 24.2 Å². The van der Waals surface area contributed by atoms with Crippen molar-refractivity contribution in [1.82, 2.24) is 0 Å². The average Bonchev–Trinajstić information content (AvgIpc) is 2.16. The molecule has 0 fully saturated rings. The van der Waals surface area contributed by atoms with Crippen LogP contribution >= 0.6 is 0 Å². The van der Waals surface area contributed by atoms with Gasteiger partial charge in [-0.2, -0.15) is 13.2 Å². The molecular formula is C11H14F3NO. The lowest BCUT2D eigenvalue weighted by molar-refractivity contribution is -0.270. The molecule has 0 spiro atoms. The van der Waals surface area contributed by atoms with Crippen molar-refractivity contribution >= 4 is 0 Å². The van der Waals surface area contributed by atoms with Gasteiger partial charge in [-0.1, -0.05) is 30.3 Å². The molecule has 0 aliphatic rings. The van der Waals surface area contributed by atoms with Gasteiger partial charge in [-0.3, -0.25) is 0 Å². The third-order valence-electron chi connectivity index (χ3n) is 2.34. The second kappa shape index (κ2) is 4.43. The summed E-state index contributed by atoms with van der Waals surface area (Å²) in [7, 11) is 0. The van der Waals surface area contributed by atoms with Crippen LogP contribution in [-0.2, 0) is 5.60 Å². The molecule has 1 aromatic carbocycles. The summed E-state index contributed by atoms with van der Waals surface area (Å²) < 4.78 is 38.5. The fraction of sp³-hybridized carbons (Fsp3) is 0.455. The minimum atomic E-state index is -4.73. The molecule has 0 bridgehead atoms. The lowest BCUT2D eigenvalue weighted by Crippen LogP contribution is -2.45. The summed E-state index contributed by atoms with van der Waals surface area (Å²) in [5.74, 6) is 0. The van der Waals surface area contributed by atoms with Crippen LogP contribution in [0.25, 0.3) is 0 Å². The second-order valence-electron chi connectivity index (χ2n) is 3.91. The highest BCUT2D eigenvalue weighted by atomic mass is 19.4. The van der Waals surface area contributed by atoms with E-state index in [1.807, 2.05) is 0 Å². The molecule has 1 aromatic rings. The maximum atomic E-state index is 12.8. The average molecular weight is 233 g/mol. The van der Waals surface area contributed by atoms with Gasteiger partial charge in [0.25, 0.3) is 0 Å². The molecular weight excluding hydrogens is 219 g/mol. The second-order valence-corrected chi connectivity index (χ2v) is 3.91. The molecule has 2 unspecified atom stereocenters. The normalized spacial score (nSPS) is 17.9. The third kappa shape index (κ3) is 2.54. The molecule has 0 aromatic heterocycles. The SMILES string of the molecule is CC(N)CC(O)(c1ccccc1)C(F)(F)F. The molecule has 0 aliphatic heterocycles. The highest BCUT2D eigenvalue weighted by Crippen LogP contribution is 2.41. The van der Waals surface area contributed by atoms with E-state index in [9.17, 15) is 18.3 Å². The Morgan fingerprint density at radius 3 is 2.12 bits per heavy atom. The van der Waals surface area contributed by atoms with Crippen LogP contribution in [0, 0.1) is 0 Å². The van der Waals surface area contributed by atoms with Crippen LogP contribution in [0.1, 0.15) is 18.9 Å². The van der Waals surface area contributed by atoms with Gasteiger partial charge in [0, 0.05) is 12.5 Å². The molecule has 0 saturated heterocycles. The van der Waals surface area contributed by atoms with Crippen LogP contribution in [-0.4, -0.2) is 17.3 Å². The molecule has 16 heavy (non-hydrogen) atoms. The number of nitrogens with two attached hydrogens (primary N) is 1. The topological polar surface area (TPSA) is 46.2 Å². The van der Waals surface area contributed by atoms with Crippen molar-refractivity contribution < 1.29 is 18.3 Å². The Morgan fingerprint density at radius 1 is 1.25 bits per heavy atom. The van der Waals surface area contributed by atoms with Crippen molar-refractivity contribution in [2.75, 3.05) is 0 Å². The van der Waals surface area contributed by atoms with Gasteiger partial charge in [0.15, 0.2) is 5.60 Å². The lowest BCUT2D eigenvalue weighted by atomic mass is 9.87. The number of benzene rings is 1. The van der Waals surface area contributed by atoms with Crippen molar-refractivity contribution in [3.8, 4) is 0 Å². The number of halogens is 3. The Kier molecular flexibility index (Phi) is 3.60. The van der Waals surface area contributed by atoms with Crippen molar-refractivity contribution in [2.24, 2.45) is 5.73 Å². The molecule has 3 N–H and O–H groups in total. The fourth-order valence-corrected chi connectivity index (χ4v) is 1.58. The van der Waals surface area contributed by atoms with Gasteiger partial charge >= 0.3 is 6.18 Å². The van der Waals surface area contributed by atoms with Crippen molar-refractivity contribution in [1.29, 1.82) is 0 Å². The van der Waals surface area contributed by atoms with E-state index in [0.717, 1.165) is 0 Å². The van der Waals surface area contributed by atoms with E-state index in [1.54, 1.807) is 6.07 Å². The standard InChI is InChI=1S/C11H14F3NO/c1-8(15)7-10(16,11(12,13)14)9-5-3-2-4-6-9/h2-6,8,16H,7,15H2,1H3. The summed E-state index contributed by atoms with van der Waals surface area (Å²) in [5, 5.41) is 9.78. The van der Waals surface area contributed by atoms with E-state index in [1.165, 1.54) is 31.2 Å². The maximum Gasteiger partial charge on any atom is 0.421 e. The summed E-state index contributed by atoms with van der Waals surface area (Å²) in [5.41, 5.74) is 2.30. The van der Waals surface area contributed by atoms with Crippen LogP contribution in [0.4, 0.5) is 13.2 Å². The van der Waals surface area contributed by atoms with E-state index >= 15 is 0 Å². The van der Waals surface area contributed by atoms with Gasteiger partial charge < -0.3 is 10.8 Å². The Bertz CT molecular complexity index is 337. The summed E-state index contributed by atoms with van der Waals surface area (Å²) >= 11 is 0. The van der Waals surface area contributed by atoms with Gasteiger partial charge in [-0.25, -0.2) is 0 Å². The van der Waals surface area contributed by atoms with E-state index in [2.05, 4.69) is 0 Å². The van der Waals surface area contributed by atoms with E-state index in [-0.39, 0.29) is 5.56 Å². The Labute approximate surface area is 91.9 Å². The highest BCUT2D eigenvalue weighted by Gasteiger charge is 2.54. The van der Waals surface area contributed by atoms with Crippen molar-refractivity contribution in [3.63, 3.8) is 0 Å². The van der Waals surface area contributed by atoms with Gasteiger partial charge in [0.05, 0.1) is 0 Å². The number of rotatable bonds is 3. The molecule has 0 radical (unpaired) electrons. The van der Waals surface area contributed by atoms with Crippen molar-refractivity contribution in [3.05, 3.63) is 35.9 Å². The Morgan fingerprint density at radius 2 is 1.75 bits per heavy atom. The van der Waals surface area contributed by atoms with Crippen molar-refractivity contribution in [2.45, 2.75) is 31.2 Å². The van der Waals surface area contributed by atoms with Crippen LogP contribution in [0.15, 0.2) is 30.3 Å². The predicted octanol–water partition coefficient (Wildman–Crippen LogP) is 2.17. The van der Waals surface area contributed by atoms with Gasteiger partial charge in [0.1, 0.15) is 0 Å². The van der Waals surface area contributed by atoms with Crippen LogP contribution in [0.2, 0.25) is 0 Å². The summed E-state index contributed by atoms with van der Waals surface area (Å²) in [6.07, 6.45) is -5.29. The number of alkyl halides is 3. The number of hydrogen-bond donors (Lipinski definition) is 2. The molecule has 1 rings (SSSR count). The number of aliphatic hydroxyl groups is 1. The molecule has 0 amide bonds. The van der Waals surface area contributed by atoms with Crippen LogP contribution in [0.3, 0.4) is 0 Å². The van der Waals surface area contributed by atoms with Gasteiger partial charge in [-0.05, 0) is 12.5 Å². The fourth-order valence-electron chi connectivity index (χ4n) is 1.58. The van der Waals surface area contributed by atoms with E-state index in [4.69, 9.17) is 5.73 Å². The lowest BCUT2D eigenvalue weighted by Gasteiger charge is -2.32. The molecule has 0 aliphatic carbocycles. The van der Waals surface area contributed by atoms with Crippen LogP contribution < -0.4 is 5.73 Å². The summed E-state index contributed by atoms with van der Waals surface area (Å²) in [4.78, 5) is 0. The molecule has 5 heteroatoms. The molecule has 0 saturated carbocycles. The first-order valence-corrected chi connectivity index (χ1v) is 4.87. The molecule has 90 valence electrons. The summed E-state index contributed by atoms with van der Waals surface area (Å²) in [6, 6.07) is 6.24. The summed E-state index contributed by atoms with van der Waals surface area (Å²) in [6.45, 7) is 1.43. The molecule has 2 nitrogen and oxygen atoms in total. The van der Waals surface area contributed by atoms with Crippen LogP contribution in [0.5, 0.6) is 0 Å². The van der Waals surface area contributed by atoms with Gasteiger partial charge in [-0.15, -0.1) is 0 Å². The number of hydrogen-bond acceptors (Lipinski definition) is 2. The zero-order valence-corrected chi connectivity index (χ0v) is 8.83. The first kappa shape index (κ1) is 13.0. The first-order chi connectivity index (χ1) is 7.27. The quantitative estimate of drug-likeness (QED) is 0.840. The molecule has 2 atom stereocenters.